The van der Waals surface area contributed by atoms with Gasteiger partial charge >= 0.3 is 23.1 Å². The number of quaternary nitrogens is 1. The lowest BCUT2D eigenvalue weighted by molar-refractivity contribution is -0.149. The molecule has 2 aromatic rings. The zero-order valence-electron chi connectivity index (χ0n) is 19.8. The van der Waals surface area contributed by atoms with Gasteiger partial charge in [-0.05, 0) is 50.8 Å². The molecule has 0 bridgehead atoms. The van der Waals surface area contributed by atoms with Crippen molar-refractivity contribution in [1.82, 2.24) is 13.6 Å². The number of benzene rings is 1. The van der Waals surface area contributed by atoms with Crippen LogP contribution in [0.5, 0.6) is 11.5 Å². The van der Waals surface area contributed by atoms with Gasteiger partial charge in [-0.2, -0.15) is 4.99 Å². The molecule has 2 aliphatic heterocycles. The van der Waals surface area contributed by atoms with Crippen LogP contribution < -0.4 is 20.5 Å². The van der Waals surface area contributed by atoms with E-state index in [1.807, 2.05) is 0 Å². The van der Waals surface area contributed by atoms with Gasteiger partial charge in [0.2, 0.25) is 17.8 Å². The van der Waals surface area contributed by atoms with E-state index in [2.05, 4.69) is 4.99 Å². The fourth-order valence-electron chi connectivity index (χ4n) is 4.78. The fourth-order valence-corrected chi connectivity index (χ4v) is 4.78. The number of rotatable bonds is 1. The minimum absolute atomic E-state index is 0.0285. The summed E-state index contributed by atoms with van der Waals surface area (Å²) < 4.78 is 7.21. The van der Waals surface area contributed by atoms with E-state index in [-0.39, 0.29) is 23.7 Å². The van der Waals surface area contributed by atoms with Gasteiger partial charge < -0.3 is 9.84 Å². The zero-order chi connectivity index (χ0) is 24.6. The first-order chi connectivity index (χ1) is 15.3. The summed E-state index contributed by atoms with van der Waals surface area (Å²) in [4.78, 5) is 56.8. The summed E-state index contributed by atoms with van der Waals surface area (Å²) in [5.41, 5.74) is -0.178. The number of amides is 2. The Labute approximate surface area is 189 Å². The van der Waals surface area contributed by atoms with Gasteiger partial charge in [0.15, 0.2) is 0 Å². The van der Waals surface area contributed by atoms with Gasteiger partial charge in [-0.1, -0.05) is 0 Å². The highest BCUT2D eigenvalue weighted by Gasteiger charge is 2.60. The summed E-state index contributed by atoms with van der Waals surface area (Å²) >= 11 is 0. The van der Waals surface area contributed by atoms with Crippen LogP contribution in [-0.2, 0) is 30.1 Å². The van der Waals surface area contributed by atoms with Gasteiger partial charge in [0.25, 0.3) is 5.69 Å². The second kappa shape index (κ2) is 6.98. The molecule has 10 nitrogen and oxygen atoms in total. The average molecular weight is 455 g/mol. The van der Waals surface area contributed by atoms with Crippen LogP contribution in [0, 0.1) is 20.8 Å². The van der Waals surface area contributed by atoms with Crippen LogP contribution in [0.1, 0.15) is 42.5 Å². The number of phenols is 1. The standard InChI is InChI=1S/C23H26N4O6/c1-11-12(2)18-15(13(3)17(11)29)8-9-23(5,33-18)21(31)27(14(4)28)10-24-19-16(27)20(30)26(7)22(32)25(19)6/h10H,8-9H2,1-7H3/p+1. The van der Waals surface area contributed by atoms with Crippen LogP contribution in [0.25, 0.3) is 0 Å². The van der Waals surface area contributed by atoms with Crippen molar-refractivity contribution in [2.75, 3.05) is 0 Å². The zero-order valence-corrected chi connectivity index (χ0v) is 19.8. The van der Waals surface area contributed by atoms with Gasteiger partial charge in [-0.25, -0.2) is 14.4 Å². The average Bonchev–Trinajstić information content (AvgIpc) is 3.19. The maximum Gasteiger partial charge on any atom is 0.375 e. The van der Waals surface area contributed by atoms with Crippen molar-refractivity contribution in [3.63, 3.8) is 0 Å². The second-order valence-corrected chi connectivity index (χ2v) is 9.03. The fraction of sp³-hybridized carbons (Fsp3) is 0.435. The number of nitrogens with zero attached hydrogens (tertiary/aromatic N) is 4. The summed E-state index contributed by atoms with van der Waals surface area (Å²) in [7, 11) is 2.72. The van der Waals surface area contributed by atoms with E-state index >= 15 is 0 Å². The Hall–Kier alpha value is -3.53. The third kappa shape index (κ3) is 2.73. The Kier molecular flexibility index (Phi) is 4.79. The van der Waals surface area contributed by atoms with Crippen molar-refractivity contribution in [1.29, 1.82) is 0 Å². The molecule has 3 heterocycles. The minimum atomic E-state index is -1.47. The normalized spacial score (nSPS) is 23.1. The maximum atomic E-state index is 14.1. The SMILES string of the molecule is CC(=O)[N+]1(C(=O)C2(C)CCc3c(C)c(O)c(C)c(C)c3O2)C=Nc2c1c(=O)n(C)c(=O)n2C. The largest absolute Gasteiger partial charge is 0.507 e. The van der Waals surface area contributed by atoms with Gasteiger partial charge in [0.1, 0.15) is 11.5 Å². The molecule has 0 saturated heterocycles. The van der Waals surface area contributed by atoms with Crippen molar-refractivity contribution in [3.8, 4) is 11.5 Å². The number of ether oxygens (including phenoxy) is 1. The molecule has 0 spiro atoms. The molecule has 2 unspecified atom stereocenters. The number of imide groups is 1. The number of fused-ring (bicyclic) bond motifs is 2. The van der Waals surface area contributed by atoms with E-state index in [1.165, 1.54) is 21.0 Å². The molecule has 2 aliphatic rings. The Bertz CT molecular complexity index is 1420. The predicted octanol–water partition coefficient (Wildman–Crippen LogP) is 1.55. The molecule has 0 radical (unpaired) electrons. The molecule has 33 heavy (non-hydrogen) atoms. The highest BCUT2D eigenvalue weighted by molar-refractivity contribution is 6.25. The Morgan fingerprint density at radius 3 is 2.36 bits per heavy atom. The highest BCUT2D eigenvalue weighted by atomic mass is 16.5. The lowest BCUT2D eigenvalue weighted by atomic mass is 9.86. The van der Waals surface area contributed by atoms with Crippen molar-refractivity contribution >= 4 is 29.7 Å². The molecule has 0 aliphatic carbocycles. The van der Waals surface area contributed by atoms with E-state index in [0.717, 1.165) is 21.0 Å². The number of hydrogen-bond donors (Lipinski definition) is 1. The van der Waals surface area contributed by atoms with Gasteiger partial charge in [0.05, 0.1) is 6.92 Å². The lowest BCUT2D eigenvalue weighted by Gasteiger charge is -2.38. The Morgan fingerprint density at radius 2 is 1.76 bits per heavy atom. The van der Waals surface area contributed by atoms with E-state index in [9.17, 15) is 24.3 Å². The van der Waals surface area contributed by atoms with Crippen molar-refractivity contribution in [2.24, 2.45) is 19.1 Å². The topological polar surface area (TPSA) is 120 Å². The molecule has 10 heteroatoms. The van der Waals surface area contributed by atoms with E-state index in [4.69, 9.17) is 4.74 Å². The first-order valence-electron chi connectivity index (χ1n) is 10.6. The number of aromatic nitrogens is 2. The molecule has 4 rings (SSSR count). The molecule has 0 fully saturated rings. The molecular weight excluding hydrogens is 428 g/mol. The van der Waals surface area contributed by atoms with Crippen LogP contribution in [-0.4, -0.2) is 38.0 Å². The molecule has 1 aromatic heterocycles. The second-order valence-electron chi connectivity index (χ2n) is 9.03. The van der Waals surface area contributed by atoms with E-state index < -0.39 is 33.1 Å². The summed E-state index contributed by atoms with van der Waals surface area (Å²) in [6.45, 7) is 8.17. The Balaban J connectivity index is 1.93. The minimum Gasteiger partial charge on any atom is -0.507 e. The first kappa shape index (κ1) is 22.7. The monoisotopic (exact) mass is 455 g/mol. The third-order valence-corrected chi connectivity index (χ3v) is 7.11. The van der Waals surface area contributed by atoms with Crippen LogP contribution in [0.15, 0.2) is 14.6 Å². The number of carbonyl (C=O) groups is 2. The molecule has 2 atom stereocenters. The summed E-state index contributed by atoms with van der Waals surface area (Å²) in [5.74, 6) is -0.636. The van der Waals surface area contributed by atoms with Crippen LogP contribution in [0.2, 0.25) is 0 Å². The summed E-state index contributed by atoms with van der Waals surface area (Å²) in [5, 5.41) is 10.4. The maximum absolute atomic E-state index is 14.1. The number of phenolic OH excluding ortho intramolecular Hbond substituents is 1. The van der Waals surface area contributed by atoms with Crippen LogP contribution >= 0.6 is 0 Å². The molecule has 2 amide bonds. The van der Waals surface area contributed by atoms with Gasteiger partial charge in [-0.3, -0.25) is 13.9 Å². The van der Waals surface area contributed by atoms with Crippen LogP contribution in [0.4, 0.5) is 11.5 Å². The number of aliphatic imine (C=N–C) groups is 1. The van der Waals surface area contributed by atoms with Gasteiger partial charge in [0, 0.05) is 26.1 Å². The number of aromatic hydroxyl groups is 1. The molecule has 0 saturated carbocycles. The van der Waals surface area contributed by atoms with E-state index in [1.54, 1.807) is 27.7 Å². The smallest absolute Gasteiger partial charge is 0.375 e. The number of carbonyl (C=O) groups excluding carboxylic acids is 2. The molecule has 1 aromatic carbocycles. The van der Waals surface area contributed by atoms with E-state index in [0.29, 0.717) is 28.9 Å². The lowest BCUT2D eigenvalue weighted by Crippen LogP contribution is -2.67. The quantitative estimate of drug-likeness (QED) is 0.652. The van der Waals surface area contributed by atoms with Crippen molar-refractivity contribution < 1.29 is 19.4 Å². The Morgan fingerprint density at radius 1 is 1.12 bits per heavy atom. The molecule has 1 N–H and O–H groups in total. The summed E-state index contributed by atoms with van der Waals surface area (Å²) in [6.07, 6.45) is 1.77. The van der Waals surface area contributed by atoms with Crippen molar-refractivity contribution in [3.05, 3.63) is 43.1 Å². The van der Waals surface area contributed by atoms with Gasteiger partial charge in [-0.15, -0.1) is 4.48 Å². The first-order valence-corrected chi connectivity index (χ1v) is 10.6. The number of hydrogen-bond acceptors (Lipinski definition) is 7. The summed E-state index contributed by atoms with van der Waals surface area (Å²) in [6, 6.07) is 0. The third-order valence-electron chi connectivity index (χ3n) is 7.11. The highest BCUT2D eigenvalue weighted by Crippen LogP contribution is 2.45. The van der Waals surface area contributed by atoms with Crippen LogP contribution in [0.3, 0.4) is 0 Å². The molecule has 174 valence electrons. The van der Waals surface area contributed by atoms with Crippen molar-refractivity contribution in [2.45, 2.75) is 53.1 Å². The predicted molar refractivity (Wildman–Crippen MR) is 122 cm³/mol. The molecular formula is C23H27N4O6+.